The van der Waals surface area contributed by atoms with E-state index in [0.717, 1.165) is 13.2 Å². The minimum atomic E-state index is -0.185. The molecule has 1 saturated heterocycles. The molecule has 2 unspecified atom stereocenters. The third kappa shape index (κ3) is 2.15. The molecular formula is C15H28O2. The first-order chi connectivity index (χ1) is 8.21. The molecule has 2 nitrogen and oxygen atoms in total. The van der Waals surface area contributed by atoms with E-state index >= 15 is 0 Å². The molecule has 0 N–H and O–H groups in total. The topological polar surface area (TPSA) is 18.5 Å². The van der Waals surface area contributed by atoms with Crippen molar-refractivity contribution in [2.24, 2.45) is 11.3 Å². The van der Waals surface area contributed by atoms with Crippen molar-refractivity contribution in [1.82, 2.24) is 0 Å². The van der Waals surface area contributed by atoms with Crippen LogP contribution >= 0.6 is 0 Å². The van der Waals surface area contributed by atoms with Gasteiger partial charge in [0.15, 0.2) is 5.79 Å². The van der Waals surface area contributed by atoms with Crippen molar-refractivity contribution in [3.8, 4) is 0 Å². The van der Waals surface area contributed by atoms with Crippen LogP contribution in [-0.2, 0) is 9.47 Å². The molecule has 17 heavy (non-hydrogen) atoms. The molecular weight excluding hydrogens is 212 g/mol. The maximum Gasteiger partial charge on any atom is 0.177 e. The summed E-state index contributed by atoms with van der Waals surface area (Å²) in [5.41, 5.74) is 0.299. The van der Waals surface area contributed by atoms with Crippen LogP contribution in [0.2, 0.25) is 0 Å². The smallest absolute Gasteiger partial charge is 0.177 e. The van der Waals surface area contributed by atoms with Gasteiger partial charge in [0.25, 0.3) is 0 Å². The summed E-state index contributed by atoms with van der Waals surface area (Å²) in [4.78, 5) is 0. The van der Waals surface area contributed by atoms with E-state index < -0.39 is 0 Å². The fraction of sp³-hybridized carbons (Fsp3) is 1.00. The summed E-state index contributed by atoms with van der Waals surface area (Å²) < 4.78 is 11.9. The van der Waals surface area contributed by atoms with E-state index in [1.54, 1.807) is 0 Å². The van der Waals surface area contributed by atoms with Gasteiger partial charge in [-0.1, -0.05) is 52.9 Å². The number of rotatable bonds is 7. The Labute approximate surface area is 106 Å². The first-order valence-electron chi connectivity index (χ1n) is 7.49. The van der Waals surface area contributed by atoms with Crippen LogP contribution in [0.5, 0.6) is 0 Å². The van der Waals surface area contributed by atoms with Crippen molar-refractivity contribution < 1.29 is 9.47 Å². The fourth-order valence-corrected chi connectivity index (χ4v) is 3.72. The predicted molar refractivity (Wildman–Crippen MR) is 69.9 cm³/mol. The average Bonchev–Trinajstić information content (AvgIpc) is 2.73. The largest absolute Gasteiger partial charge is 0.347 e. The molecule has 1 heterocycles. The predicted octanol–water partition coefficient (Wildman–Crippen LogP) is 4.14. The van der Waals surface area contributed by atoms with Crippen LogP contribution in [0, 0.1) is 11.3 Å². The maximum atomic E-state index is 5.97. The van der Waals surface area contributed by atoms with Crippen LogP contribution in [0.25, 0.3) is 0 Å². The van der Waals surface area contributed by atoms with E-state index in [1.165, 1.54) is 44.9 Å². The van der Waals surface area contributed by atoms with Crippen molar-refractivity contribution in [1.29, 1.82) is 0 Å². The molecule has 100 valence electrons. The van der Waals surface area contributed by atoms with Crippen LogP contribution < -0.4 is 0 Å². The van der Waals surface area contributed by atoms with Crippen LogP contribution in [-0.4, -0.2) is 19.0 Å². The highest BCUT2D eigenvalue weighted by molar-refractivity contribution is 5.17. The van der Waals surface area contributed by atoms with Gasteiger partial charge in [-0.15, -0.1) is 0 Å². The molecule has 2 heteroatoms. The quantitative estimate of drug-likeness (QED) is 0.623. The molecule has 2 aliphatic rings. The number of hydrogen-bond acceptors (Lipinski definition) is 2. The van der Waals surface area contributed by atoms with Gasteiger partial charge in [-0.3, -0.25) is 0 Å². The molecule has 0 bridgehead atoms. The molecule has 2 fully saturated rings. The molecule has 1 aliphatic carbocycles. The maximum absolute atomic E-state index is 5.97. The van der Waals surface area contributed by atoms with E-state index in [4.69, 9.17) is 9.47 Å². The minimum absolute atomic E-state index is 0.185. The molecule has 0 aromatic rings. The Morgan fingerprint density at radius 1 is 1.00 bits per heavy atom. The van der Waals surface area contributed by atoms with Gasteiger partial charge >= 0.3 is 0 Å². The number of hydrogen-bond donors (Lipinski definition) is 0. The molecule has 0 amide bonds. The minimum Gasteiger partial charge on any atom is -0.347 e. The van der Waals surface area contributed by atoms with Crippen molar-refractivity contribution in [2.45, 2.75) is 71.5 Å². The highest BCUT2D eigenvalue weighted by atomic mass is 16.8. The van der Waals surface area contributed by atoms with Crippen LogP contribution in [0.15, 0.2) is 0 Å². The summed E-state index contributed by atoms with van der Waals surface area (Å²) >= 11 is 0. The normalized spacial score (nSPS) is 34.4. The molecule has 0 radical (unpaired) electrons. The molecule has 0 aromatic heterocycles. The van der Waals surface area contributed by atoms with E-state index in [-0.39, 0.29) is 5.79 Å². The van der Waals surface area contributed by atoms with E-state index in [1.807, 2.05) is 0 Å². The van der Waals surface area contributed by atoms with E-state index in [2.05, 4.69) is 20.8 Å². The van der Waals surface area contributed by atoms with Crippen LogP contribution in [0.1, 0.15) is 65.7 Å². The second-order valence-corrected chi connectivity index (χ2v) is 5.93. The summed E-state index contributed by atoms with van der Waals surface area (Å²) in [5, 5.41) is 0. The van der Waals surface area contributed by atoms with Crippen LogP contribution in [0.4, 0.5) is 0 Å². The Morgan fingerprint density at radius 2 is 1.71 bits per heavy atom. The van der Waals surface area contributed by atoms with Crippen LogP contribution in [0.3, 0.4) is 0 Å². The summed E-state index contributed by atoms with van der Waals surface area (Å²) in [6.45, 7) is 8.50. The zero-order valence-corrected chi connectivity index (χ0v) is 11.8. The summed E-state index contributed by atoms with van der Waals surface area (Å²) in [6.07, 6.45) is 9.14. The van der Waals surface area contributed by atoms with Crippen molar-refractivity contribution in [2.75, 3.05) is 13.2 Å². The van der Waals surface area contributed by atoms with Gasteiger partial charge in [0, 0.05) is 11.3 Å². The van der Waals surface area contributed by atoms with Gasteiger partial charge in [0.2, 0.25) is 0 Å². The van der Waals surface area contributed by atoms with Gasteiger partial charge in [-0.05, 0) is 12.8 Å². The lowest BCUT2D eigenvalue weighted by molar-refractivity contribution is -0.109. The second-order valence-electron chi connectivity index (χ2n) is 5.93. The molecule has 2 atom stereocenters. The van der Waals surface area contributed by atoms with Gasteiger partial charge in [0.1, 0.15) is 0 Å². The fourth-order valence-electron chi connectivity index (χ4n) is 3.72. The summed E-state index contributed by atoms with van der Waals surface area (Å²) in [5.74, 6) is 0.457. The zero-order valence-electron chi connectivity index (χ0n) is 11.8. The Kier molecular flexibility index (Phi) is 4.14. The van der Waals surface area contributed by atoms with Crippen molar-refractivity contribution >= 4 is 0 Å². The lowest BCUT2D eigenvalue weighted by atomic mass is 9.95. The van der Waals surface area contributed by atoms with E-state index in [0.29, 0.717) is 11.3 Å². The second kappa shape index (κ2) is 5.27. The van der Waals surface area contributed by atoms with Crippen molar-refractivity contribution in [3.63, 3.8) is 0 Å². The molecule has 2 rings (SSSR count). The average molecular weight is 240 g/mol. The van der Waals surface area contributed by atoms with Crippen molar-refractivity contribution in [3.05, 3.63) is 0 Å². The Balaban J connectivity index is 1.88. The molecule has 1 saturated carbocycles. The Morgan fingerprint density at radius 3 is 2.29 bits per heavy atom. The van der Waals surface area contributed by atoms with E-state index in [9.17, 15) is 0 Å². The standard InChI is InChI=1S/C15H28O2/c1-4-6-7-8-10-14(3)13(9-5-2)15(14)16-11-12-17-15/h13H,4-12H2,1-3H3. The SMILES string of the molecule is CCCCCCC1(C)C(CCC)C12OCCO2. The molecule has 1 spiro atoms. The molecule has 0 aromatic carbocycles. The first-order valence-corrected chi connectivity index (χ1v) is 7.49. The van der Waals surface area contributed by atoms with Gasteiger partial charge in [0.05, 0.1) is 13.2 Å². The lowest BCUT2D eigenvalue weighted by Gasteiger charge is -2.16. The summed E-state index contributed by atoms with van der Waals surface area (Å²) in [7, 11) is 0. The third-order valence-corrected chi connectivity index (χ3v) is 4.78. The number of unbranched alkanes of at least 4 members (excludes halogenated alkanes) is 3. The van der Waals surface area contributed by atoms with Gasteiger partial charge < -0.3 is 9.47 Å². The van der Waals surface area contributed by atoms with Gasteiger partial charge in [-0.2, -0.15) is 0 Å². The Bertz CT molecular complexity index is 245. The monoisotopic (exact) mass is 240 g/mol. The Hall–Kier alpha value is -0.0800. The highest BCUT2D eigenvalue weighted by Crippen LogP contribution is 2.70. The first kappa shape index (κ1) is 13.4. The summed E-state index contributed by atoms with van der Waals surface area (Å²) in [6, 6.07) is 0. The molecule has 1 aliphatic heterocycles. The zero-order chi connectivity index (χ0) is 12.4. The third-order valence-electron chi connectivity index (χ3n) is 4.78. The van der Waals surface area contributed by atoms with Gasteiger partial charge in [-0.25, -0.2) is 0 Å². The highest BCUT2D eigenvalue weighted by Gasteiger charge is 2.76. The number of ether oxygens (including phenoxy) is 2. The lowest BCUT2D eigenvalue weighted by Crippen LogP contribution is -2.19.